The van der Waals surface area contributed by atoms with E-state index < -0.39 is 0 Å². The summed E-state index contributed by atoms with van der Waals surface area (Å²) in [5, 5.41) is 0. The molecule has 1 aliphatic heterocycles. The van der Waals surface area contributed by atoms with Crippen LogP contribution in [0.1, 0.15) is 20.8 Å². The molecule has 16 heavy (non-hydrogen) atoms. The summed E-state index contributed by atoms with van der Waals surface area (Å²) in [6.07, 6.45) is 7.24. The smallest absolute Gasteiger partial charge is 0.410 e. The molecule has 0 aromatic carbocycles. The Morgan fingerprint density at radius 2 is 2.19 bits per heavy atom. The van der Waals surface area contributed by atoms with Gasteiger partial charge in [0.15, 0.2) is 0 Å². The average molecular weight is 223 g/mol. The number of carbonyl (C=O) groups is 1. The lowest BCUT2D eigenvalue weighted by Crippen LogP contribution is -2.30. The van der Waals surface area contributed by atoms with Crippen LogP contribution < -0.4 is 0 Å². The molecule has 1 aliphatic rings. The van der Waals surface area contributed by atoms with E-state index in [2.05, 4.69) is 6.58 Å². The fourth-order valence-corrected chi connectivity index (χ4v) is 1.42. The molecule has 1 amide bonds. The maximum Gasteiger partial charge on any atom is 0.410 e. The lowest BCUT2D eigenvalue weighted by atomic mass is 10.1. The summed E-state index contributed by atoms with van der Waals surface area (Å²) in [6, 6.07) is 0.0108. The van der Waals surface area contributed by atoms with E-state index >= 15 is 0 Å². The monoisotopic (exact) mass is 223 g/mol. The van der Waals surface area contributed by atoms with Crippen molar-refractivity contribution < 1.29 is 9.53 Å². The maximum atomic E-state index is 11.1. The number of carbonyl (C=O) groups excluding carboxylic acids is 1. The molecule has 1 atom stereocenters. The van der Waals surface area contributed by atoms with Crippen LogP contribution in [0.5, 0.6) is 0 Å². The number of ether oxygens (including phenoxy) is 1. The molecule has 3 nitrogen and oxygen atoms in total. The lowest BCUT2D eigenvalue weighted by molar-refractivity contribution is 0.163. The van der Waals surface area contributed by atoms with Crippen molar-refractivity contribution in [2.24, 2.45) is 0 Å². The number of hydrogen-bond donors (Lipinski definition) is 0. The van der Waals surface area contributed by atoms with Crippen molar-refractivity contribution in [2.45, 2.75) is 26.8 Å². The molecule has 1 fully saturated rings. The van der Waals surface area contributed by atoms with Gasteiger partial charge in [-0.15, -0.1) is 0 Å². The third kappa shape index (κ3) is 3.57. The van der Waals surface area contributed by atoms with E-state index in [1.54, 1.807) is 18.0 Å². The van der Waals surface area contributed by atoms with Gasteiger partial charge in [0.1, 0.15) is 6.61 Å². The Morgan fingerprint density at radius 1 is 1.56 bits per heavy atom. The molecule has 1 heterocycles. The van der Waals surface area contributed by atoms with E-state index in [0.717, 1.165) is 5.57 Å². The first-order valence-electron chi connectivity index (χ1n) is 5.55. The van der Waals surface area contributed by atoms with E-state index in [1.165, 1.54) is 0 Å². The van der Waals surface area contributed by atoms with Crippen LogP contribution in [0.3, 0.4) is 0 Å². The first-order chi connectivity index (χ1) is 7.70. The van der Waals surface area contributed by atoms with Crippen molar-refractivity contribution in [3.8, 4) is 0 Å². The Kier molecular flexibility index (Phi) is 7.01. The Balaban J connectivity index is 0.00000106. The molecule has 1 rings (SSSR count). The van der Waals surface area contributed by atoms with Gasteiger partial charge in [-0.25, -0.2) is 4.79 Å². The Labute approximate surface area is 98.1 Å². The first-order valence-corrected chi connectivity index (χ1v) is 5.55. The molecular formula is C13H21NO2. The molecular weight excluding hydrogens is 202 g/mol. The number of hydrogen-bond acceptors (Lipinski definition) is 2. The third-order valence-corrected chi connectivity index (χ3v) is 2.17. The number of rotatable bonds is 3. The second kappa shape index (κ2) is 7.74. The van der Waals surface area contributed by atoms with Crippen LogP contribution in [-0.2, 0) is 4.74 Å². The maximum absolute atomic E-state index is 11.1. The largest absolute Gasteiger partial charge is 0.447 e. The molecule has 90 valence electrons. The highest BCUT2D eigenvalue weighted by Gasteiger charge is 2.30. The van der Waals surface area contributed by atoms with E-state index in [9.17, 15) is 4.79 Å². The van der Waals surface area contributed by atoms with E-state index in [0.29, 0.717) is 6.61 Å². The van der Waals surface area contributed by atoms with Crippen molar-refractivity contribution in [2.75, 3.05) is 13.7 Å². The summed E-state index contributed by atoms with van der Waals surface area (Å²) in [5.74, 6) is 0. The molecule has 1 unspecified atom stereocenters. The standard InChI is InChI=1S/C11H15NO2.C2H6/c1-4-6-9(7-5-2)10-8-14-11(13)12(10)3;1-2/h4-7,10H,1,8H2,2-3H3;1-2H3/b7-5-,9-6+;. The molecule has 0 radical (unpaired) electrons. The Bertz CT molecular complexity index is 292. The zero-order valence-electron chi connectivity index (χ0n) is 10.6. The summed E-state index contributed by atoms with van der Waals surface area (Å²) in [5.41, 5.74) is 1.04. The quantitative estimate of drug-likeness (QED) is 0.688. The van der Waals surface area contributed by atoms with E-state index in [4.69, 9.17) is 4.74 Å². The fourth-order valence-electron chi connectivity index (χ4n) is 1.42. The van der Waals surface area contributed by atoms with Gasteiger partial charge in [-0.05, 0) is 12.5 Å². The molecule has 0 N–H and O–H groups in total. The number of cyclic esters (lactones) is 1. The topological polar surface area (TPSA) is 29.5 Å². The van der Waals surface area contributed by atoms with Crippen LogP contribution in [0.4, 0.5) is 4.79 Å². The van der Waals surface area contributed by atoms with Gasteiger partial charge in [0, 0.05) is 7.05 Å². The molecule has 3 heteroatoms. The van der Waals surface area contributed by atoms with Crippen LogP contribution >= 0.6 is 0 Å². The summed E-state index contributed by atoms with van der Waals surface area (Å²) in [4.78, 5) is 12.7. The number of nitrogens with zero attached hydrogens (tertiary/aromatic N) is 1. The average Bonchev–Trinajstić information content (AvgIpc) is 2.62. The zero-order chi connectivity index (χ0) is 12.6. The van der Waals surface area contributed by atoms with Crippen LogP contribution in [-0.4, -0.2) is 30.7 Å². The normalized spacial score (nSPS) is 20.5. The van der Waals surface area contributed by atoms with Crippen molar-refractivity contribution in [3.63, 3.8) is 0 Å². The van der Waals surface area contributed by atoms with Crippen LogP contribution in [0.15, 0.2) is 36.5 Å². The molecule has 0 aromatic rings. The van der Waals surface area contributed by atoms with Crippen LogP contribution in [0, 0.1) is 0 Å². The number of amides is 1. The zero-order valence-corrected chi connectivity index (χ0v) is 10.6. The van der Waals surface area contributed by atoms with Crippen molar-refractivity contribution in [1.29, 1.82) is 0 Å². The van der Waals surface area contributed by atoms with Crippen molar-refractivity contribution in [3.05, 3.63) is 36.5 Å². The Morgan fingerprint density at radius 3 is 2.56 bits per heavy atom. The Hall–Kier alpha value is -1.51. The van der Waals surface area contributed by atoms with Crippen LogP contribution in [0.25, 0.3) is 0 Å². The van der Waals surface area contributed by atoms with Gasteiger partial charge < -0.3 is 9.64 Å². The minimum absolute atomic E-state index is 0.0108. The molecule has 1 saturated heterocycles. The first kappa shape index (κ1) is 14.5. The number of allylic oxidation sites excluding steroid dienone is 3. The number of likely N-dealkylation sites (N-methyl/N-ethyl adjacent to an activating group) is 1. The van der Waals surface area contributed by atoms with Gasteiger partial charge in [-0.1, -0.05) is 44.7 Å². The predicted octanol–water partition coefficient (Wildman–Crippen LogP) is 3.15. The molecule has 0 aromatic heterocycles. The highest BCUT2D eigenvalue weighted by atomic mass is 16.6. The van der Waals surface area contributed by atoms with Gasteiger partial charge in [-0.2, -0.15) is 0 Å². The van der Waals surface area contributed by atoms with Gasteiger partial charge >= 0.3 is 6.09 Å². The van der Waals surface area contributed by atoms with Crippen molar-refractivity contribution >= 4 is 6.09 Å². The second-order valence-electron chi connectivity index (χ2n) is 3.11. The van der Waals surface area contributed by atoms with E-state index in [-0.39, 0.29) is 12.1 Å². The molecule has 0 aliphatic carbocycles. The van der Waals surface area contributed by atoms with Crippen molar-refractivity contribution in [1.82, 2.24) is 4.90 Å². The van der Waals surface area contributed by atoms with E-state index in [1.807, 2.05) is 39.0 Å². The minimum atomic E-state index is -0.269. The molecule has 0 saturated carbocycles. The molecule has 0 bridgehead atoms. The predicted molar refractivity (Wildman–Crippen MR) is 67.3 cm³/mol. The third-order valence-electron chi connectivity index (χ3n) is 2.17. The summed E-state index contributed by atoms with van der Waals surface area (Å²) in [7, 11) is 1.74. The second-order valence-corrected chi connectivity index (χ2v) is 3.11. The fraction of sp³-hybridized carbons (Fsp3) is 0.462. The SMILES string of the molecule is C=C/C=C(\C=C/C)C1COC(=O)N1C.CC. The lowest BCUT2D eigenvalue weighted by Gasteiger charge is -2.16. The summed E-state index contributed by atoms with van der Waals surface area (Å²) < 4.78 is 4.93. The molecule has 0 spiro atoms. The van der Waals surface area contributed by atoms with Gasteiger partial charge in [-0.3, -0.25) is 0 Å². The highest BCUT2D eigenvalue weighted by molar-refractivity contribution is 5.70. The minimum Gasteiger partial charge on any atom is -0.447 e. The van der Waals surface area contributed by atoms with Gasteiger partial charge in [0.2, 0.25) is 0 Å². The highest BCUT2D eigenvalue weighted by Crippen LogP contribution is 2.18. The van der Waals surface area contributed by atoms with Crippen LogP contribution in [0.2, 0.25) is 0 Å². The summed E-state index contributed by atoms with van der Waals surface area (Å²) >= 11 is 0. The van der Waals surface area contributed by atoms with Gasteiger partial charge in [0.25, 0.3) is 0 Å². The van der Waals surface area contributed by atoms with Gasteiger partial charge in [0.05, 0.1) is 6.04 Å². The summed E-state index contributed by atoms with van der Waals surface area (Å²) in [6.45, 7) is 10.00.